The molecule has 24 heavy (non-hydrogen) atoms. The second kappa shape index (κ2) is 8.41. The van der Waals surface area contributed by atoms with Gasteiger partial charge in [-0.1, -0.05) is 67.1 Å². The number of carbonyl (C=O) groups excluding carboxylic acids is 1. The summed E-state index contributed by atoms with van der Waals surface area (Å²) < 4.78 is 1.72. The van der Waals surface area contributed by atoms with Crippen molar-refractivity contribution in [1.29, 1.82) is 0 Å². The fourth-order valence-electron chi connectivity index (χ4n) is 3.00. The van der Waals surface area contributed by atoms with E-state index in [4.69, 9.17) is 23.2 Å². The van der Waals surface area contributed by atoms with E-state index in [0.717, 1.165) is 12.8 Å². The van der Waals surface area contributed by atoms with Gasteiger partial charge in [0.1, 0.15) is 0 Å². The minimum Gasteiger partial charge on any atom is -0.353 e. The van der Waals surface area contributed by atoms with E-state index in [0.29, 0.717) is 32.6 Å². The van der Waals surface area contributed by atoms with Gasteiger partial charge in [-0.15, -0.1) is 10.2 Å². The molecule has 1 saturated carbocycles. The number of nitrogens with zero attached hydrogens (tertiary/aromatic N) is 3. The number of amides is 1. The summed E-state index contributed by atoms with van der Waals surface area (Å²) in [7, 11) is 0. The molecule has 130 valence electrons. The van der Waals surface area contributed by atoms with Gasteiger partial charge in [-0.05, 0) is 18.9 Å². The molecule has 5 nitrogen and oxygen atoms in total. The first-order chi connectivity index (χ1) is 11.6. The van der Waals surface area contributed by atoms with Gasteiger partial charge in [-0.2, -0.15) is 0 Å². The summed E-state index contributed by atoms with van der Waals surface area (Å²) in [4.78, 5) is 12.2. The van der Waals surface area contributed by atoms with Crippen molar-refractivity contribution in [2.45, 2.75) is 56.1 Å². The van der Waals surface area contributed by atoms with Crippen LogP contribution in [0.15, 0.2) is 17.4 Å². The monoisotopic (exact) mass is 386 g/mol. The zero-order chi connectivity index (χ0) is 16.9. The largest absolute Gasteiger partial charge is 0.353 e. The standard InChI is InChI=1S/C16H20Cl2N4OS/c17-11-8-13(18)15-20-21-16(22(15)9-11)24-10-14(23)19-12-6-4-2-1-3-5-7-12/h8-9,12H,1-7,10H2,(H,19,23). The number of hydrogen-bond donors (Lipinski definition) is 1. The molecule has 0 radical (unpaired) electrons. The van der Waals surface area contributed by atoms with E-state index in [-0.39, 0.29) is 5.91 Å². The zero-order valence-electron chi connectivity index (χ0n) is 13.3. The Bertz CT molecular complexity index is 713. The molecular weight excluding hydrogens is 367 g/mol. The average molecular weight is 387 g/mol. The molecule has 0 spiro atoms. The minimum atomic E-state index is 0.0375. The predicted octanol–water partition coefficient (Wildman–Crippen LogP) is 4.36. The number of nitrogens with one attached hydrogen (secondary N) is 1. The fourth-order valence-corrected chi connectivity index (χ4v) is 4.23. The van der Waals surface area contributed by atoms with E-state index in [1.54, 1.807) is 16.7 Å². The Morgan fingerprint density at radius 1 is 1.21 bits per heavy atom. The molecule has 1 fully saturated rings. The smallest absolute Gasteiger partial charge is 0.230 e. The maximum atomic E-state index is 12.2. The molecule has 1 amide bonds. The highest BCUT2D eigenvalue weighted by molar-refractivity contribution is 7.99. The van der Waals surface area contributed by atoms with E-state index in [1.807, 2.05) is 0 Å². The van der Waals surface area contributed by atoms with Gasteiger partial charge < -0.3 is 5.32 Å². The Morgan fingerprint density at radius 3 is 2.67 bits per heavy atom. The quantitative estimate of drug-likeness (QED) is 0.792. The van der Waals surface area contributed by atoms with Crippen molar-refractivity contribution in [3.8, 4) is 0 Å². The van der Waals surface area contributed by atoms with Crippen molar-refractivity contribution < 1.29 is 4.79 Å². The molecule has 2 heterocycles. The third kappa shape index (κ3) is 4.55. The fraction of sp³-hybridized carbons (Fsp3) is 0.562. The third-order valence-electron chi connectivity index (χ3n) is 4.20. The van der Waals surface area contributed by atoms with Gasteiger partial charge in [-0.25, -0.2) is 0 Å². The maximum absolute atomic E-state index is 12.2. The second-order valence-electron chi connectivity index (χ2n) is 6.08. The lowest BCUT2D eigenvalue weighted by molar-refractivity contribution is -0.119. The van der Waals surface area contributed by atoms with Gasteiger partial charge in [0.25, 0.3) is 0 Å². The average Bonchev–Trinajstić information content (AvgIpc) is 2.91. The van der Waals surface area contributed by atoms with Crippen LogP contribution in [0.3, 0.4) is 0 Å². The molecule has 8 heteroatoms. The molecular formula is C16H20Cl2N4OS. The van der Waals surface area contributed by atoms with Crippen LogP contribution in [0.5, 0.6) is 0 Å². The Balaban J connectivity index is 1.58. The Labute approximate surface area is 155 Å². The molecule has 0 saturated heterocycles. The van der Waals surface area contributed by atoms with Gasteiger partial charge in [0.2, 0.25) is 5.91 Å². The molecule has 2 aromatic heterocycles. The molecule has 0 atom stereocenters. The van der Waals surface area contributed by atoms with Crippen molar-refractivity contribution in [3.63, 3.8) is 0 Å². The highest BCUT2D eigenvalue weighted by Crippen LogP contribution is 2.25. The number of carbonyl (C=O) groups is 1. The summed E-state index contributed by atoms with van der Waals surface area (Å²) >= 11 is 13.5. The number of thioether (sulfide) groups is 1. The maximum Gasteiger partial charge on any atom is 0.230 e. The van der Waals surface area contributed by atoms with E-state index in [1.165, 1.54) is 43.9 Å². The summed E-state index contributed by atoms with van der Waals surface area (Å²) in [5, 5.41) is 12.9. The van der Waals surface area contributed by atoms with Crippen molar-refractivity contribution in [1.82, 2.24) is 19.9 Å². The van der Waals surface area contributed by atoms with Crippen LogP contribution in [0.2, 0.25) is 10.0 Å². The van der Waals surface area contributed by atoms with Gasteiger partial charge in [0.15, 0.2) is 10.8 Å². The molecule has 2 aromatic rings. The second-order valence-corrected chi connectivity index (χ2v) is 7.87. The SMILES string of the molecule is O=C(CSc1nnc2c(Cl)cc(Cl)cn12)NC1CCCCCCC1. The van der Waals surface area contributed by atoms with Crippen LogP contribution in [0.25, 0.3) is 5.65 Å². The van der Waals surface area contributed by atoms with Crippen LogP contribution in [0.1, 0.15) is 44.9 Å². The zero-order valence-corrected chi connectivity index (χ0v) is 15.6. The summed E-state index contributed by atoms with van der Waals surface area (Å²) in [6.45, 7) is 0. The number of fused-ring (bicyclic) bond motifs is 1. The lowest BCUT2D eigenvalue weighted by Crippen LogP contribution is -2.36. The summed E-state index contributed by atoms with van der Waals surface area (Å²) in [6.07, 6.45) is 10.1. The van der Waals surface area contributed by atoms with Crippen molar-refractivity contribution in [3.05, 3.63) is 22.3 Å². The Morgan fingerprint density at radius 2 is 1.92 bits per heavy atom. The first-order valence-corrected chi connectivity index (χ1v) is 9.99. The number of aromatic nitrogens is 3. The highest BCUT2D eigenvalue weighted by Gasteiger charge is 2.16. The predicted molar refractivity (Wildman–Crippen MR) is 98.0 cm³/mol. The molecule has 0 unspecified atom stereocenters. The lowest BCUT2D eigenvalue weighted by Gasteiger charge is -2.20. The van der Waals surface area contributed by atoms with E-state index >= 15 is 0 Å². The lowest BCUT2D eigenvalue weighted by atomic mass is 9.97. The van der Waals surface area contributed by atoms with Gasteiger partial charge in [0.05, 0.1) is 15.8 Å². The van der Waals surface area contributed by atoms with Gasteiger partial charge >= 0.3 is 0 Å². The van der Waals surface area contributed by atoms with Gasteiger partial charge in [-0.3, -0.25) is 9.20 Å². The van der Waals surface area contributed by atoms with Crippen LogP contribution >= 0.6 is 35.0 Å². The van der Waals surface area contributed by atoms with Crippen LogP contribution in [-0.4, -0.2) is 32.3 Å². The van der Waals surface area contributed by atoms with E-state index in [9.17, 15) is 4.79 Å². The van der Waals surface area contributed by atoms with Crippen LogP contribution in [0.4, 0.5) is 0 Å². The number of pyridine rings is 1. The number of halogens is 2. The first kappa shape index (κ1) is 17.8. The molecule has 3 rings (SSSR count). The van der Waals surface area contributed by atoms with Crippen molar-refractivity contribution >= 4 is 46.5 Å². The molecule has 0 aromatic carbocycles. The normalized spacial score (nSPS) is 16.8. The molecule has 1 aliphatic carbocycles. The van der Waals surface area contributed by atoms with Crippen LogP contribution in [-0.2, 0) is 4.79 Å². The van der Waals surface area contributed by atoms with E-state index in [2.05, 4.69) is 15.5 Å². The van der Waals surface area contributed by atoms with E-state index < -0.39 is 0 Å². The molecule has 0 aliphatic heterocycles. The Kier molecular flexibility index (Phi) is 6.25. The summed E-state index contributed by atoms with van der Waals surface area (Å²) in [6, 6.07) is 1.93. The van der Waals surface area contributed by atoms with Gasteiger partial charge in [0, 0.05) is 12.2 Å². The number of rotatable bonds is 4. The van der Waals surface area contributed by atoms with Crippen molar-refractivity contribution in [2.75, 3.05) is 5.75 Å². The highest BCUT2D eigenvalue weighted by atomic mass is 35.5. The third-order valence-corrected chi connectivity index (χ3v) is 5.63. The van der Waals surface area contributed by atoms with Crippen LogP contribution < -0.4 is 5.32 Å². The van der Waals surface area contributed by atoms with Crippen molar-refractivity contribution in [2.24, 2.45) is 0 Å². The first-order valence-electron chi connectivity index (χ1n) is 8.25. The Hall–Kier alpha value is -0.980. The topological polar surface area (TPSA) is 59.3 Å². The minimum absolute atomic E-state index is 0.0375. The summed E-state index contributed by atoms with van der Waals surface area (Å²) in [5.74, 6) is 0.344. The van der Waals surface area contributed by atoms with Crippen LogP contribution in [0, 0.1) is 0 Å². The molecule has 1 N–H and O–H groups in total. The molecule has 0 bridgehead atoms. The molecule has 1 aliphatic rings. The number of hydrogen-bond acceptors (Lipinski definition) is 4. The summed E-state index contributed by atoms with van der Waals surface area (Å²) in [5.41, 5.74) is 0.545.